The maximum Gasteiger partial charge on any atom is 0.332 e. The van der Waals surface area contributed by atoms with Gasteiger partial charge in [0.05, 0.1) is 19.7 Å². The Morgan fingerprint density at radius 2 is 1.59 bits per heavy atom. The molecule has 0 bridgehead atoms. The Balaban J connectivity index is 2.47. The van der Waals surface area contributed by atoms with Crippen LogP contribution in [0.5, 0.6) is 0 Å². The van der Waals surface area contributed by atoms with E-state index in [0.29, 0.717) is 6.61 Å². The molecule has 0 saturated carbocycles. The first kappa shape index (κ1) is 28.6. The number of amides is 4. The highest BCUT2D eigenvalue weighted by atomic mass is 16.6. The van der Waals surface area contributed by atoms with E-state index in [1.807, 2.05) is 25.1 Å². The molecule has 0 heterocycles. The van der Waals surface area contributed by atoms with Crippen molar-refractivity contribution >= 4 is 29.6 Å². The van der Waals surface area contributed by atoms with Gasteiger partial charge in [-0.3, -0.25) is 19.2 Å². The van der Waals surface area contributed by atoms with Crippen molar-refractivity contribution < 1.29 is 33.4 Å². The number of carbonyl (C=O) groups is 5. The van der Waals surface area contributed by atoms with Crippen LogP contribution < -0.4 is 21.3 Å². The van der Waals surface area contributed by atoms with E-state index in [9.17, 15) is 24.0 Å². The van der Waals surface area contributed by atoms with Crippen LogP contribution in [0.25, 0.3) is 0 Å². The van der Waals surface area contributed by atoms with Gasteiger partial charge in [-0.15, -0.1) is 0 Å². The normalized spacial score (nSPS) is 11.1. The zero-order valence-electron chi connectivity index (χ0n) is 19.7. The molecule has 34 heavy (non-hydrogen) atoms. The summed E-state index contributed by atoms with van der Waals surface area (Å²) >= 11 is 0. The van der Waals surface area contributed by atoms with Crippen LogP contribution in [0.1, 0.15) is 38.7 Å². The maximum atomic E-state index is 12.6. The average Bonchev–Trinajstić information content (AvgIpc) is 2.84. The largest absolute Gasteiger partial charge is 0.464 e. The Bertz CT molecular complexity index is 802. The summed E-state index contributed by atoms with van der Waals surface area (Å²) in [6.45, 7) is 2.83. The van der Waals surface area contributed by atoms with Crippen molar-refractivity contribution in [2.24, 2.45) is 0 Å². The fraction of sp³-hybridized carbons (Fsp3) is 0.522. The Kier molecular flexibility index (Phi) is 14.3. The van der Waals surface area contributed by atoms with Crippen LogP contribution in [0.15, 0.2) is 30.3 Å². The van der Waals surface area contributed by atoms with Crippen molar-refractivity contribution in [3.05, 3.63) is 35.9 Å². The van der Waals surface area contributed by atoms with E-state index in [1.54, 1.807) is 19.1 Å². The third-order valence-electron chi connectivity index (χ3n) is 4.48. The zero-order chi connectivity index (χ0) is 25.2. The Labute approximate surface area is 199 Å². The molecule has 1 aromatic rings. The molecule has 0 unspecified atom stereocenters. The molecule has 1 aromatic carbocycles. The lowest BCUT2D eigenvalue weighted by molar-refractivity contribution is -0.150. The van der Waals surface area contributed by atoms with Crippen molar-refractivity contribution in [3.63, 3.8) is 0 Å². The molecule has 11 heteroatoms. The van der Waals surface area contributed by atoms with Crippen LogP contribution in [0.4, 0.5) is 0 Å². The van der Waals surface area contributed by atoms with Gasteiger partial charge in [-0.05, 0) is 12.0 Å². The number of unbranched alkanes of at least 4 members (excludes halogenated alkanes) is 1. The monoisotopic (exact) mass is 478 g/mol. The minimum atomic E-state index is -0.949. The van der Waals surface area contributed by atoms with Crippen LogP contribution in [0.3, 0.4) is 0 Å². The summed E-state index contributed by atoms with van der Waals surface area (Å²) in [5, 5.41) is 9.91. The van der Waals surface area contributed by atoms with Crippen LogP contribution in [0, 0.1) is 0 Å². The summed E-state index contributed by atoms with van der Waals surface area (Å²) in [7, 11) is 0. The fourth-order valence-electron chi connectivity index (χ4n) is 2.60. The molecule has 1 atom stereocenters. The number of benzene rings is 1. The first-order chi connectivity index (χ1) is 16.3. The predicted molar refractivity (Wildman–Crippen MR) is 123 cm³/mol. The van der Waals surface area contributed by atoms with Crippen LogP contribution in [-0.4, -0.2) is 68.7 Å². The number of hydrogen-bond acceptors (Lipinski definition) is 7. The van der Waals surface area contributed by atoms with E-state index >= 15 is 0 Å². The first-order valence-corrected chi connectivity index (χ1v) is 11.2. The van der Waals surface area contributed by atoms with Crippen LogP contribution in [0.2, 0.25) is 0 Å². The predicted octanol–water partition coefficient (Wildman–Crippen LogP) is -0.210. The molecule has 188 valence electrons. The average molecular weight is 479 g/mol. The second kappa shape index (κ2) is 17.1. The topological polar surface area (TPSA) is 152 Å². The second-order valence-electron chi connectivity index (χ2n) is 7.32. The number of ether oxygens (including phenoxy) is 2. The minimum absolute atomic E-state index is 0.199. The highest BCUT2D eigenvalue weighted by Crippen LogP contribution is 2.03. The van der Waals surface area contributed by atoms with Crippen molar-refractivity contribution in [1.29, 1.82) is 0 Å². The van der Waals surface area contributed by atoms with E-state index < -0.39 is 29.7 Å². The van der Waals surface area contributed by atoms with Gasteiger partial charge in [0, 0.05) is 12.8 Å². The van der Waals surface area contributed by atoms with E-state index in [4.69, 9.17) is 9.47 Å². The van der Waals surface area contributed by atoms with Crippen molar-refractivity contribution in [1.82, 2.24) is 21.3 Å². The lowest BCUT2D eigenvalue weighted by Crippen LogP contribution is -2.52. The van der Waals surface area contributed by atoms with E-state index in [-0.39, 0.29) is 45.2 Å². The highest BCUT2D eigenvalue weighted by molar-refractivity contribution is 5.92. The van der Waals surface area contributed by atoms with E-state index in [2.05, 4.69) is 21.3 Å². The van der Waals surface area contributed by atoms with Crippen molar-refractivity contribution in [3.8, 4) is 0 Å². The lowest BCUT2D eigenvalue weighted by Gasteiger charge is -2.19. The Hall–Kier alpha value is -3.47. The highest BCUT2D eigenvalue weighted by Gasteiger charge is 2.22. The fourth-order valence-corrected chi connectivity index (χ4v) is 2.60. The third kappa shape index (κ3) is 13.2. The molecule has 11 nitrogen and oxygen atoms in total. The maximum absolute atomic E-state index is 12.6. The van der Waals surface area contributed by atoms with Gasteiger partial charge in [0.25, 0.3) is 0 Å². The molecule has 0 aliphatic heterocycles. The molecule has 0 saturated heterocycles. The Morgan fingerprint density at radius 1 is 0.882 bits per heavy atom. The molecule has 0 aliphatic rings. The smallest absolute Gasteiger partial charge is 0.332 e. The van der Waals surface area contributed by atoms with E-state index in [1.165, 1.54) is 0 Å². The molecule has 4 amide bonds. The summed E-state index contributed by atoms with van der Waals surface area (Å²) in [5.41, 5.74) is 0.809. The Morgan fingerprint density at radius 3 is 2.26 bits per heavy atom. The molecule has 1 rings (SSSR count). The quantitative estimate of drug-likeness (QED) is 0.146. The van der Waals surface area contributed by atoms with Gasteiger partial charge in [0.1, 0.15) is 19.4 Å². The van der Waals surface area contributed by atoms with Gasteiger partial charge >= 0.3 is 5.97 Å². The molecule has 0 fully saturated rings. The van der Waals surface area contributed by atoms with Gasteiger partial charge in [-0.2, -0.15) is 0 Å². The van der Waals surface area contributed by atoms with Crippen LogP contribution in [-0.2, 0) is 39.9 Å². The molecule has 0 radical (unpaired) electrons. The number of hydrogen-bond donors (Lipinski definition) is 4. The number of rotatable bonds is 16. The lowest BCUT2D eigenvalue weighted by atomic mass is 10.1. The molecule has 0 aliphatic carbocycles. The molecule has 0 aromatic heterocycles. The van der Waals surface area contributed by atoms with Gasteiger partial charge < -0.3 is 30.7 Å². The summed E-state index contributed by atoms with van der Waals surface area (Å²) in [6.07, 6.45) is 2.10. The standard InChI is InChI=1S/C23H34N4O7/c1-3-5-11-34-22(31)15-33-16-26-20(29)13-25-23(32)18(12-17-9-7-6-8-10-17)27-21(30)14-24-19(28)4-2/h6-10,18H,3-5,11-16H2,1-2H3,(H,24,28)(H,25,32)(H,26,29)(H,27,30)/t18-/m0/s1. The van der Waals surface area contributed by atoms with Crippen molar-refractivity contribution in [2.45, 2.75) is 45.6 Å². The molecular weight excluding hydrogens is 444 g/mol. The van der Waals surface area contributed by atoms with Crippen LogP contribution >= 0.6 is 0 Å². The molecular formula is C23H34N4O7. The number of nitrogens with one attached hydrogen (secondary N) is 4. The van der Waals surface area contributed by atoms with E-state index in [0.717, 1.165) is 18.4 Å². The van der Waals surface area contributed by atoms with Gasteiger partial charge in [0.2, 0.25) is 23.6 Å². The zero-order valence-corrected chi connectivity index (χ0v) is 19.7. The summed E-state index contributed by atoms with van der Waals surface area (Å²) in [4.78, 5) is 59.6. The molecule has 4 N–H and O–H groups in total. The number of esters is 1. The molecule has 0 spiro atoms. The first-order valence-electron chi connectivity index (χ1n) is 11.2. The third-order valence-corrected chi connectivity index (χ3v) is 4.48. The SMILES string of the molecule is CCCCOC(=O)COCNC(=O)CNC(=O)[C@H](Cc1ccccc1)NC(=O)CNC(=O)CC. The van der Waals surface area contributed by atoms with Gasteiger partial charge in [-0.25, -0.2) is 4.79 Å². The summed E-state index contributed by atoms with van der Waals surface area (Å²) < 4.78 is 9.95. The van der Waals surface area contributed by atoms with Gasteiger partial charge in [0.15, 0.2) is 0 Å². The summed E-state index contributed by atoms with van der Waals surface area (Å²) in [6, 6.07) is 8.11. The minimum Gasteiger partial charge on any atom is -0.464 e. The van der Waals surface area contributed by atoms with Crippen molar-refractivity contribution in [2.75, 3.05) is 33.0 Å². The second-order valence-corrected chi connectivity index (χ2v) is 7.32. The summed E-state index contributed by atoms with van der Waals surface area (Å²) in [5.74, 6) is -2.43. The van der Waals surface area contributed by atoms with Gasteiger partial charge in [-0.1, -0.05) is 50.6 Å². The number of carbonyl (C=O) groups excluding carboxylic acids is 5.